The third-order valence-electron chi connectivity index (χ3n) is 11.3. The molecule has 0 aliphatic rings. The molecule has 0 unspecified atom stereocenters. The number of nitrogens with zero attached hydrogens (tertiary/aromatic N) is 3. The molecule has 4 heterocycles. The maximum absolute atomic E-state index is 5.29. The van der Waals surface area contributed by atoms with Gasteiger partial charge in [-0.25, -0.2) is 4.98 Å². The molecule has 0 aliphatic heterocycles. The van der Waals surface area contributed by atoms with Gasteiger partial charge in [0.2, 0.25) is 0 Å². The summed E-state index contributed by atoms with van der Waals surface area (Å²) in [7, 11) is 0. The minimum atomic E-state index is 1.02. The second kappa shape index (κ2) is 11.7. The number of pyridine rings is 1. The molecule has 256 valence electrons. The van der Waals surface area contributed by atoms with Crippen LogP contribution in [-0.4, -0.2) is 14.0 Å². The van der Waals surface area contributed by atoms with Crippen molar-refractivity contribution < 1.29 is 0 Å². The van der Waals surface area contributed by atoms with E-state index < -0.39 is 0 Å². The van der Waals surface area contributed by atoms with Crippen molar-refractivity contribution >= 4 is 80.8 Å². The summed E-state index contributed by atoms with van der Waals surface area (Å²) in [6.45, 7) is 0. The topological polar surface area (TPSA) is 22.2 Å². The van der Waals surface area contributed by atoms with Crippen molar-refractivity contribution in [2.45, 2.75) is 0 Å². The maximum atomic E-state index is 5.29. The summed E-state index contributed by atoms with van der Waals surface area (Å²) in [5.41, 5.74) is 13.9. The van der Waals surface area contributed by atoms with E-state index >= 15 is 0 Å². The normalized spacial score (nSPS) is 12.0. The Morgan fingerprint density at radius 3 is 1.78 bits per heavy atom. The molecule has 0 amide bonds. The van der Waals surface area contributed by atoms with Gasteiger partial charge in [-0.1, -0.05) is 133 Å². The number of benzene rings is 8. The van der Waals surface area contributed by atoms with E-state index in [1.165, 1.54) is 80.7 Å². The highest BCUT2D eigenvalue weighted by atomic mass is 32.1. The second-order valence-electron chi connectivity index (χ2n) is 14.4. The van der Waals surface area contributed by atoms with Crippen LogP contribution in [0.2, 0.25) is 0 Å². The van der Waals surface area contributed by atoms with E-state index in [2.05, 4.69) is 197 Å². The molecule has 0 N–H and O–H groups in total. The standard InChI is InChI=1S/C51H31N3S/c1-2-12-39(13-3-1)53-45-16-8-6-14-40(45)42-28-38(26-27-46(42)53)34-20-18-32(19-21-34)33-22-24-35(25-23-33)47-31-43-41-15-7-9-17-49(41)55-50(43)51-52-44-29-36-10-4-5-11-37(36)30-48(44)54(47)51/h1-31H. The van der Waals surface area contributed by atoms with Gasteiger partial charge in [-0.2, -0.15) is 0 Å². The predicted octanol–water partition coefficient (Wildman–Crippen LogP) is 14.1. The van der Waals surface area contributed by atoms with Crippen molar-refractivity contribution in [1.82, 2.24) is 14.0 Å². The highest BCUT2D eigenvalue weighted by molar-refractivity contribution is 7.26. The van der Waals surface area contributed by atoms with Crippen molar-refractivity contribution in [3.8, 4) is 39.2 Å². The number of aromatic nitrogens is 3. The van der Waals surface area contributed by atoms with Gasteiger partial charge in [-0.15, -0.1) is 11.3 Å². The number of hydrogen-bond donors (Lipinski definition) is 0. The van der Waals surface area contributed by atoms with Crippen LogP contribution in [0.5, 0.6) is 0 Å². The van der Waals surface area contributed by atoms with E-state index in [-0.39, 0.29) is 0 Å². The molecule has 4 aromatic heterocycles. The first-order valence-corrected chi connectivity index (χ1v) is 19.5. The largest absolute Gasteiger partial charge is 0.309 e. The lowest BCUT2D eigenvalue weighted by molar-refractivity contribution is 1.18. The number of thiophene rings is 1. The van der Waals surface area contributed by atoms with Gasteiger partial charge >= 0.3 is 0 Å². The Morgan fingerprint density at radius 1 is 0.400 bits per heavy atom. The van der Waals surface area contributed by atoms with E-state index in [0.717, 1.165) is 27.9 Å². The summed E-state index contributed by atoms with van der Waals surface area (Å²) in [6.07, 6.45) is 0. The van der Waals surface area contributed by atoms with Crippen LogP contribution in [0.25, 0.3) is 109 Å². The Kier molecular flexibility index (Phi) is 6.50. The SMILES string of the molecule is c1ccc(-n2c3ccccc3c3cc(-c4ccc(-c5ccc(-c6cc7c8ccccc8sc7c7nc8cc9ccccc9cc8n67)cc5)cc4)ccc32)cc1. The Balaban J connectivity index is 0.942. The molecule has 0 radical (unpaired) electrons. The fourth-order valence-corrected chi connectivity index (χ4v) is 9.81. The Hall–Kier alpha value is -7.01. The van der Waals surface area contributed by atoms with E-state index in [0.29, 0.717) is 0 Å². The van der Waals surface area contributed by atoms with Gasteiger partial charge in [0, 0.05) is 31.9 Å². The molecule has 8 aromatic carbocycles. The quantitative estimate of drug-likeness (QED) is 0.178. The fraction of sp³-hybridized carbons (Fsp3) is 0. The van der Waals surface area contributed by atoms with Crippen LogP contribution in [0.3, 0.4) is 0 Å². The Labute approximate surface area is 320 Å². The van der Waals surface area contributed by atoms with Gasteiger partial charge in [0.1, 0.15) is 0 Å². The first-order valence-electron chi connectivity index (χ1n) is 18.7. The molecule has 0 saturated heterocycles. The van der Waals surface area contributed by atoms with Crippen LogP contribution in [0.1, 0.15) is 0 Å². The first-order chi connectivity index (χ1) is 27.2. The molecule has 0 fully saturated rings. The Bertz CT molecular complexity index is 3450. The van der Waals surface area contributed by atoms with Gasteiger partial charge in [-0.3, -0.25) is 4.40 Å². The third-order valence-corrected chi connectivity index (χ3v) is 12.5. The highest BCUT2D eigenvalue weighted by Gasteiger charge is 2.19. The molecule has 4 heteroatoms. The average Bonchev–Trinajstić information content (AvgIpc) is 3.92. The Morgan fingerprint density at radius 2 is 1.00 bits per heavy atom. The molecule has 12 rings (SSSR count). The number of fused-ring (bicyclic) bond motifs is 11. The molecule has 12 aromatic rings. The van der Waals surface area contributed by atoms with Crippen LogP contribution in [0.15, 0.2) is 188 Å². The second-order valence-corrected chi connectivity index (χ2v) is 15.5. The molecule has 0 bridgehead atoms. The van der Waals surface area contributed by atoms with Crippen LogP contribution in [0.4, 0.5) is 0 Å². The highest BCUT2D eigenvalue weighted by Crippen LogP contribution is 2.41. The van der Waals surface area contributed by atoms with Gasteiger partial charge in [0.25, 0.3) is 0 Å². The minimum absolute atomic E-state index is 1.02. The number of hydrogen-bond acceptors (Lipinski definition) is 2. The van der Waals surface area contributed by atoms with Crippen LogP contribution < -0.4 is 0 Å². The van der Waals surface area contributed by atoms with Crippen molar-refractivity contribution in [1.29, 1.82) is 0 Å². The molecular formula is C51H31N3S. The van der Waals surface area contributed by atoms with Gasteiger partial charge in [-0.05, 0) is 93.2 Å². The summed E-state index contributed by atoms with van der Waals surface area (Å²) >= 11 is 1.83. The molecule has 0 atom stereocenters. The monoisotopic (exact) mass is 717 g/mol. The summed E-state index contributed by atoms with van der Waals surface area (Å²) in [4.78, 5) is 5.29. The average molecular weight is 718 g/mol. The van der Waals surface area contributed by atoms with E-state index in [9.17, 15) is 0 Å². The van der Waals surface area contributed by atoms with Crippen molar-refractivity contribution in [2.75, 3.05) is 0 Å². The number of para-hydroxylation sites is 2. The van der Waals surface area contributed by atoms with Gasteiger partial charge < -0.3 is 4.57 Å². The number of imidazole rings is 1. The maximum Gasteiger partial charge on any atom is 0.156 e. The lowest BCUT2D eigenvalue weighted by Gasteiger charge is -2.11. The first kappa shape index (κ1) is 30.5. The molecule has 3 nitrogen and oxygen atoms in total. The fourth-order valence-electron chi connectivity index (χ4n) is 8.64. The molecule has 0 saturated carbocycles. The van der Waals surface area contributed by atoms with Crippen molar-refractivity contribution in [2.24, 2.45) is 0 Å². The van der Waals surface area contributed by atoms with Crippen LogP contribution in [-0.2, 0) is 0 Å². The van der Waals surface area contributed by atoms with Gasteiger partial charge in [0.15, 0.2) is 5.65 Å². The molecule has 0 aliphatic carbocycles. The molecule has 55 heavy (non-hydrogen) atoms. The summed E-state index contributed by atoms with van der Waals surface area (Å²) < 4.78 is 7.25. The zero-order valence-electron chi connectivity index (χ0n) is 29.6. The molecule has 0 spiro atoms. The van der Waals surface area contributed by atoms with E-state index in [1.54, 1.807) is 0 Å². The van der Waals surface area contributed by atoms with E-state index in [1.807, 2.05) is 11.3 Å². The lowest BCUT2D eigenvalue weighted by Crippen LogP contribution is -1.93. The predicted molar refractivity (Wildman–Crippen MR) is 234 cm³/mol. The number of rotatable bonds is 4. The zero-order valence-corrected chi connectivity index (χ0v) is 30.5. The van der Waals surface area contributed by atoms with Crippen LogP contribution in [0, 0.1) is 0 Å². The molecular weight excluding hydrogens is 687 g/mol. The van der Waals surface area contributed by atoms with Crippen molar-refractivity contribution in [3.63, 3.8) is 0 Å². The van der Waals surface area contributed by atoms with E-state index in [4.69, 9.17) is 4.98 Å². The van der Waals surface area contributed by atoms with Crippen molar-refractivity contribution in [3.05, 3.63) is 188 Å². The minimum Gasteiger partial charge on any atom is -0.309 e. The summed E-state index contributed by atoms with van der Waals surface area (Å²) in [5, 5.41) is 7.49. The van der Waals surface area contributed by atoms with Crippen LogP contribution >= 0.6 is 11.3 Å². The van der Waals surface area contributed by atoms with Gasteiger partial charge in [0.05, 0.1) is 32.5 Å². The zero-order chi connectivity index (χ0) is 36.0. The summed E-state index contributed by atoms with van der Waals surface area (Å²) in [5.74, 6) is 0. The summed E-state index contributed by atoms with van der Waals surface area (Å²) in [6, 6.07) is 68.4. The smallest absolute Gasteiger partial charge is 0.156 e. The third kappa shape index (κ3) is 4.65. The lowest BCUT2D eigenvalue weighted by atomic mass is 9.98.